The molecule has 1 aromatic carbocycles. The van der Waals surface area contributed by atoms with Crippen molar-refractivity contribution in [2.75, 3.05) is 24.5 Å². The summed E-state index contributed by atoms with van der Waals surface area (Å²) in [4.78, 5) is 2.50. The van der Waals surface area contributed by atoms with Gasteiger partial charge in [0.1, 0.15) is 0 Å². The lowest BCUT2D eigenvalue weighted by molar-refractivity contribution is 0.501. The van der Waals surface area contributed by atoms with Crippen molar-refractivity contribution >= 4 is 5.69 Å². The van der Waals surface area contributed by atoms with Crippen LogP contribution < -0.4 is 10.2 Å². The van der Waals surface area contributed by atoms with Gasteiger partial charge in [-0.2, -0.15) is 0 Å². The summed E-state index contributed by atoms with van der Waals surface area (Å²) < 4.78 is 0. The van der Waals surface area contributed by atoms with Gasteiger partial charge in [-0.05, 0) is 44.0 Å². The fourth-order valence-electron chi connectivity index (χ4n) is 2.34. The van der Waals surface area contributed by atoms with Gasteiger partial charge >= 0.3 is 0 Å². The molecule has 1 aromatic rings. The predicted molar refractivity (Wildman–Crippen MR) is 65.6 cm³/mol. The molecule has 2 heteroatoms. The molecule has 1 heterocycles. The summed E-state index contributed by atoms with van der Waals surface area (Å²) in [7, 11) is 0. The van der Waals surface area contributed by atoms with Crippen LogP contribution in [0.1, 0.15) is 18.1 Å². The molecule has 82 valence electrons. The van der Waals surface area contributed by atoms with E-state index in [9.17, 15) is 0 Å². The molecule has 0 amide bonds. The molecule has 1 N–H and O–H groups in total. The summed E-state index contributed by atoms with van der Waals surface area (Å²) in [6.45, 7) is 9.92. The first-order chi connectivity index (χ1) is 7.16. The van der Waals surface area contributed by atoms with Gasteiger partial charge in [0.05, 0.1) is 0 Å². The van der Waals surface area contributed by atoms with E-state index < -0.39 is 0 Å². The van der Waals surface area contributed by atoms with Crippen LogP contribution in [0.4, 0.5) is 5.69 Å². The Labute approximate surface area is 92.3 Å². The Kier molecular flexibility index (Phi) is 2.96. The molecule has 2 nitrogen and oxygen atoms in total. The minimum absolute atomic E-state index is 0.597. The standard InChI is InChI=1S/C13H20N2/c1-10-6-11(2)8-13(7-10)15-5-4-14-9-12(15)3/h6-8,12,14H,4-5,9H2,1-3H3/t12-/m1/s1. The van der Waals surface area contributed by atoms with Gasteiger partial charge < -0.3 is 10.2 Å². The van der Waals surface area contributed by atoms with Crippen molar-refractivity contribution in [1.82, 2.24) is 5.32 Å². The van der Waals surface area contributed by atoms with E-state index in [0.29, 0.717) is 6.04 Å². The van der Waals surface area contributed by atoms with Gasteiger partial charge in [0.15, 0.2) is 0 Å². The second kappa shape index (κ2) is 4.23. The highest BCUT2D eigenvalue weighted by molar-refractivity contribution is 5.52. The molecule has 15 heavy (non-hydrogen) atoms. The van der Waals surface area contributed by atoms with Crippen LogP contribution in [0.2, 0.25) is 0 Å². The topological polar surface area (TPSA) is 15.3 Å². The number of hydrogen-bond acceptors (Lipinski definition) is 2. The number of nitrogens with zero attached hydrogens (tertiary/aromatic N) is 1. The zero-order valence-corrected chi connectivity index (χ0v) is 9.88. The van der Waals surface area contributed by atoms with Gasteiger partial charge in [-0.25, -0.2) is 0 Å². The van der Waals surface area contributed by atoms with Crippen molar-refractivity contribution in [3.05, 3.63) is 29.3 Å². The van der Waals surface area contributed by atoms with Gasteiger partial charge in [-0.1, -0.05) is 6.07 Å². The van der Waals surface area contributed by atoms with Gasteiger partial charge in [0.2, 0.25) is 0 Å². The third-order valence-electron chi connectivity index (χ3n) is 3.04. The van der Waals surface area contributed by atoms with Crippen LogP contribution in [-0.2, 0) is 0 Å². The summed E-state index contributed by atoms with van der Waals surface area (Å²) in [6, 6.07) is 7.40. The molecule has 0 aromatic heterocycles. The first-order valence-electron chi connectivity index (χ1n) is 5.72. The van der Waals surface area contributed by atoms with Crippen molar-refractivity contribution in [3.63, 3.8) is 0 Å². The number of benzene rings is 1. The third-order valence-corrected chi connectivity index (χ3v) is 3.04. The van der Waals surface area contributed by atoms with Crippen molar-refractivity contribution in [1.29, 1.82) is 0 Å². The number of hydrogen-bond donors (Lipinski definition) is 1. The van der Waals surface area contributed by atoms with Crippen LogP contribution in [0.25, 0.3) is 0 Å². The number of rotatable bonds is 1. The van der Waals surface area contributed by atoms with Crippen LogP contribution in [-0.4, -0.2) is 25.7 Å². The Balaban J connectivity index is 2.27. The summed E-state index contributed by atoms with van der Waals surface area (Å²) >= 11 is 0. The Morgan fingerprint density at radius 2 is 1.87 bits per heavy atom. The van der Waals surface area contributed by atoms with Gasteiger partial charge in [-0.3, -0.25) is 0 Å². The summed E-state index contributed by atoms with van der Waals surface area (Å²) in [6.07, 6.45) is 0. The second-order valence-electron chi connectivity index (χ2n) is 4.59. The Hall–Kier alpha value is -1.02. The first-order valence-corrected chi connectivity index (χ1v) is 5.72. The number of nitrogens with one attached hydrogen (secondary N) is 1. The maximum absolute atomic E-state index is 3.42. The van der Waals surface area contributed by atoms with Crippen LogP contribution in [0.3, 0.4) is 0 Å². The minimum Gasteiger partial charge on any atom is -0.366 e. The molecular formula is C13H20N2. The highest BCUT2D eigenvalue weighted by Crippen LogP contribution is 2.21. The normalized spacial score (nSPS) is 21.8. The number of aryl methyl sites for hydroxylation is 2. The summed E-state index contributed by atoms with van der Waals surface area (Å²) in [5.74, 6) is 0. The van der Waals surface area contributed by atoms with E-state index in [2.05, 4.69) is 49.2 Å². The van der Waals surface area contributed by atoms with Gasteiger partial charge in [0, 0.05) is 31.4 Å². The smallest absolute Gasteiger partial charge is 0.0386 e. The van der Waals surface area contributed by atoms with Crippen molar-refractivity contribution in [3.8, 4) is 0 Å². The third kappa shape index (κ3) is 2.32. The highest BCUT2D eigenvalue weighted by atomic mass is 15.2. The van der Waals surface area contributed by atoms with E-state index in [0.717, 1.165) is 19.6 Å². The Morgan fingerprint density at radius 3 is 2.47 bits per heavy atom. The average molecular weight is 204 g/mol. The molecule has 1 aliphatic heterocycles. The molecule has 0 aliphatic carbocycles. The molecule has 1 atom stereocenters. The quantitative estimate of drug-likeness (QED) is 0.753. The minimum atomic E-state index is 0.597. The monoisotopic (exact) mass is 204 g/mol. The van der Waals surface area contributed by atoms with E-state index in [1.807, 2.05) is 0 Å². The summed E-state index contributed by atoms with van der Waals surface area (Å²) in [5.41, 5.74) is 4.09. The Bertz CT molecular complexity index is 326. The molecule has 0 saturated carbocycles. The van der Waals surface area contributed by atoms with E-state index in [4.69, 9.17) is 0 Å². The number of anilines is 1. The van der Waals surface area contributed by atoms with E-state index in [1.54, 1.807) is 0 Å². The largest absolute Gasteiger partial charge is 0.366 e. The fourth-order valence-corrected chi connectivity index (χ4v) is 2.34. The second-order valence-corrected chi connectivity index (χ2v) is 4.59. The SMILES string of the molecule is Cc1cc(C)cc(N2CCNC[C@H]2C)c1. The molecule has 1 saturated heterocycles. The average Bonchev–Trinajstić information content (AvgIpc) is 2.16. The van der Waals surface area contributed by atoms with E-state index in [-0.39, 0.29) is 0 Å². The summed E-state index contributed by atoms with van der Waals surface area (Å²) in [5, 5.41) is 3.42. The lowest BCUT2D eigenvalue weighted by Gasteiger charge is -2.36. The van der Waals surface area contributed by atoms with Crippen LogP contribution in [0.5, 0.6) is 0 Å². The van der Waals surface area contributed by atoms with E-state index >= 15 is 0 Å². The molecule has 0 spiro atoms. The maximum Gasteiger partial charge on any atom is 0.0386 e. The van der Waals surface area contributed by atoms with Gasteiger partial charge in [-0.15, -0.1) is 0 Å². The Morgan fingerprint density at radius 1 is 1.20 bits per heavy atom. The molecule has 0 unspecified atom stereocenters. The molecule has 0 radical (unpaired) electrons. The maximum atomic E-state index is 3.42. The zero-order valence-electron chi connectivity index (χ0n) is 9.88. The van der Waals surface area contributed by atoms with Crippen LogP contribution in [0, 0.1) is 13.8 Å². The van der Waals surface area contributed by atoms with Crippen LogP contribution >= 0.6 is 0 Å². The fraction of sp³-hybridized carbons (Fsp3) is 0.538. The number of piperazine rings is 1. The van der Waals surface area contributed by atoms with Crippen LogP contribution in [0.15, 0.2) is 18.2 Å². The zero-order chi connectivity index (χ0) is 10.8. The molecular weight excluding hydrogens is 184 g/mol. The predicted octanol–water partition coefficient (Wildman–Crippen LogP) is 2.10. The molecule has 1 fully saturated rings. The van der Waals surface area contributed by atoms with Crippen molar-refractivity contribution < 1.29 is 0 Å². The lowest BCUT2D eigenvalue weighted by Crippen LogP contribution is -2.49. The lowest BCUT2D eigenvalue weighted by atomic mass is 10.1. The van der Waals surface area contributed by atoms with E-state index in [1.165, 1.54) is 16.8 Å². The first kappa shape index (κ1) is 10.5. The van der Waals surface area contributed by atoms with Crippen molar-refractivity contribution in [2.45, 2.75) is 26.8 Å². The highest BCUT2D eigenvalue weighted by Gasteiger charge is 2.18. The molecule has 0 bridgehead atoms. The molecule has 1 aliphatic rings. The van der Waals surface area contributed by atoms with Crippen molar-refractivity contribution in [2.24, 2.45) is 0 Å². The van der Waals surface area contributed by atoms with Gasteiger partial charge in [0.25, 0.3) is 0 Å². The molecule has 2 rings (SSSR count).